The van der Waals surface area contributed by atoms with Crippen LogP contribution in [-0.2, 0) is 24.6 Å². The number of sulfone groups is 1. The van der Waals surface area contributed by atoms with Gasteiger partial charge < -0.3 is 24.0 Å². The predicted octanol–water partition coefficient (Wildman–Crippen LogP) is 6.76. The second kappa shape index (κ2) is 16.7. The second-order valence-electron chi connectivity index (χ2n) is 11.2. The van der Waals surface area contributed by atoms with Gasteiger partial charge in [-0.2, -0.15) is 9.97 Å². The highest BCUT2D eigenvalue weighted by Gasteiger charge is 2.18. The molecule has 0 fully saturated rings. The summed E-state index contributed by atoms with van der Waals surface area (Å²) in [6.45, 7) is 0. The Balaban J connectivity index is 0.000000155. The molecule has 2 N–H and O–H groups in total. The fourth-order valence-electron chi connectivity index (χ4n) is 4.86. The Hall–Kier alpha value is -6.43. The number of hydrogen-bond acceptors (Lipinski definition) is 15. The number of fused-ring (bicyclic) bond motifs is 2. The SMILES string of the molecule is COc1ccc(S(=O)(=O)Cc2cc(-c3nc4ncccc4o3)ccn2)cc1.COc1ccc(S(=O)(=O)Cl)cc1.Nc1cc(-c2nc3ncccc3o2)ccn1. The average Bonchev–Trinajstić information content (AvgIpc) is 3.83. The van der Waals surface area contributed by atoms with Crippen molar-refractivity contribution in [1.29, 1.82) is 0 Å². The summed E-state index contributed by atoms with van der Waals surface area (Å²) in [6, 6.07) is 26.2. The zero-order chi connectivity index (χ0) is 39.0. The van der Waals surface area contributed by atoms with Gasteiger partial charge in [0, 0.05) is 46.6 Å². The van der Waals surface area contributed by atoms with Crippen LogP contribution < -0.4 is 15.2 Å². The normalized spacial score (nSPS) is 11.3. The predicted molar refractivity (Wildman–Crippen MR) is 204 cm³/mol. The lowest BCUT2D eigenvalue weighted by atomic mass is 10.2. The summed E-state index contributed by atoms with van der Waals surface area (Å²) in [5.74, 6) is 2.27. The summed E-state index contributed by atoms with van der Waals surface area (Å²) < 4.78 is 68.0. The van der Waals surface area contributed by atoms with Crippen LogP contribution in [-0.4, -0.2) is 61.0 Å². The van der Waals surface area contributed by atoms with Crippen molar-refractivity contribution in [2.75, 3.05) is 20.0 Å². The van der Waals surface area contributed by atoms with Gasteiger partial charge in [-0.15, -0.1) is 0 Å². The van der Waals surface area contributed by atoms with Gasteiger partial charge in [0.25, 0.3) is 9.05 Å². The summed E-state index contributed by atoms with van der Waals surface area (Å²) in [7, 11) is 0.964. The van der Waals surface area contributed by atoms with Crippen LogP contribution in [0.2, 0.25) is 0 Å². The molecule has 0 unspecified atom stereocenters. The van der Waals surface area contributed by atoms with E-state index in [1.165, 1.54) is 56.8 Å². The van der Waals surface area contributed by atoms with Gasteiger partial charge in [-0.25, -0.2) is 31.8 Å². The fourth-order valence-corrected chi connectivity index (χ4v) is 6.89. The highest BCUT2D eigenvalue weighted by Crippen LogP contribution is 2.26. The molecule has 15 nitrogen and oxygen atoms in total. The first-order valence-corrected chi connectivity index (χ1v) is 19.9. The van der Waals surface area contributed by atoms with Crippen molar-refractivity contribution in [1.82, 2.24) is 29.9 Å². The van der Waals surface area contributed by atoms with Gasteiger partial charge in [0.1, 0.15) is 17.3 Å². The number of hydrogen-bond donors (Lipinski definition) is 1. The molecule has 0 saturated carbocycles. The zero-order valence-electron chi connectivity index (χ0n) is 29.0. The van der Waals surface area contributed by atoms with Gasteiger partial charge in [0.05, 0.1) is 35.5 Å². The van der Waals surface area contributed by atoms with Crippen LogP contribution in [0.5, 0.6) is 11.5 Å². The minimum Gasteiger partial charge on any atom is -0.497 e. The average molecular weight is 800 g/mol. The smallest absolute Gasteiger partial charge is 0.261 e. The molecule has 0 atom stereocenters. The van der Waals surface area contributed by atoms with Crippen LogP contribution in [0, 0.1) is 0 Å². The van der Waals surface area contributed by atoms with Crippen LogP contribution in [0.15, 0.2) is 140 Å². The number of benzene rings is 2. The Morgan fingerprint density at radius 3 is 1.58 bits per heavy atom. The lowest BCUT2D eigenvalue weighted by molar-refractivity contribution is 0.414. The van der Waals surface area contributed by atoms with Crippen molar-refractivity contribution in [3.05, 3.63) is 128 Å². The van der Waals surface area contributed by atoms with Gasteiger partial charge >= 0.3 is 0 Å². The molecule has 0 saturated heterocycles. The number of rotatable bonds is 8. The zero-order valence-corrected chi connectivity index (χ0v) is 31.4. The number of aromatic nitrogens is 6. The van der Waals surface area contributed by atoms with E-state index in [4.69, 9.17) is 34.7 Å². The molecule has 8 aromatic rings. The number of halogens is 1. The van der Waals surface area contributed by atoms with E-state index in [1.807, 2.05) is 6.07 Å². The summed E-state index contributed by atoms with van der Waals surface area (Å²) in [6.07, 6.45) is 6.47. The lowest BCUT2D eigenvalue weighted by Gasteiger charge is -2.06. The second-order valence-corrected chi connectivity index (χ2v) is 15.8. The van der Waals surface area contributed by atoms with Crippen molar-refractivity contribution >= 4 is 57.8 Å². The number of anilines is 1. The molecule has 6 aromatic heterocycles. The van der Waals surface area contributed by atoms with E-state index in [0.29, 0.717) is 62.8 Å². The van der Waals surface area contributed by atoms with Gasteiger partial charge in [-0.1, -0.05) is 0 Å². The lowest BCUT2D eigenvalue weighted by Crippen LogP contribution is -2.06. The van der Waals surface area contributed by atoms with Crippen LogP contribution in [0.1, 0.15) is 5.69 Å². The largest absolute Gasteiger partial charge is 0.497 e. The van der Waals surface area contributed by atoms with Crippen LogP contribution in [0.4, 0.5) is 5.82 Å². The Morgan fingerprint density at radius 1 is 0.618 bits per heavy atom. The van der Waals surface area contributed by atoms with Crippen LogP contribution in [0.3, 0.4) is 0 Å². The topological polar surface area (TPSA) is 216 Å². The molecule has 0 bridgehead atoms. The number of methoxy groups -OCH3 is 2. The van der Waals surface area contributed by atoms with Crippen molar-refractivity contribution in [3.8, 4) is 34.4 Å². The molecule has 0 aliphatic rings. The third kappa shape index (κ3) is 9.77. The Morgan fingerprint density at radius 2 is 1.11 bits per heavy atom. The van der Waals surface area contributed by atoms with E-state index in [0.717, 1.165) is 5.56 Å². The third-order valence-electron chi connectivity index (χ3n) is 7.52. The first-order chi connectivity index (χ1) is 26.4. The van der Waals surface area contributed by atoms with Crippen molar-refractivity contribution in [3.63, 3.8) is 0 Å². The summed E-state index contributed by atoms with van der Waals surface area (Å²) in [4.78, 5) is 25.2. The molecule has 0 radical (unpaired) electrons. The molecule has 2 aromatic carbocycles. The molecule has 18 heteroatoms. The molecule has 0 amide bonds. The summed E-state index contributed by atoms with van der Waals surface area (Å²) in [5, 5.41) is 0. The summed E-state index contributed by atoms with van der Waals surface area (Å²) in [5.41, 5.74) is 9.75. The number of ether oxygens (including phenoxy) is 2. The van der Waals surface area contributed by atoms with E-state index in [-0.39, 0.29) is 15.5 Å². The maximum Gasteiger partial charge on any atom is 0.261 e. The first-order valence-electron chi connectivity index (χ1n) is 16.0. The molecule has 0 spiro atoms. The molecule has 8 rings (SSSR count). The van der Waals surface area contributed by atoms with Crippen LogP contribution in [0.25, 0.3) is 45.4 Å². The maximum atomic E-state index is 12.7. The first kappa shape index (κ1) is 38.3. The van der Waals surface area contributed by atoms with Crippen molar-refractivity contribution < 1.29 is 35.1 Å². The summed E-state index contributed by atoms with van der Waals surface area (Å²) >= 11 is 0. The number of nitrogen functional groups attached to an aromatic ring is 1. The molecular weight excluding hydrogens is 770 g/mol. The molecule has 6 heterocycles. The van der Waals surface area contributed by atoms with E-state index >= 15 is 0 Å². The van der Waals surface area contributed by atoms with Crippen molar-refractivity contribution in [2.45, 2.75) is 15.5 Å². The molecule has 280 valence electrons. The number of nitrogens with two attached hydrogens (primary N) is 1. The quantitative estimate of drug-likeness (QED) is 0.157. The molecule has 0 aliphatic carbocycles. The Bertz CT molecular complexity index is 2710. The Kier molecular flexibility index (Phi) is 11.6. The van der Waals surface area contributed by atoms with Crippen molar-refractivity contribution in [2.24, 2.45) is 0 Å². The highest BCUT2D eigenvalue weighted by molar-refractivity contribution is 8.13. The Labute approximate surface area is 319 Å². The third-order valence-corrected chi connectivity index (χ3v) is 10.6. The van der Waals surface area contributed by atoms with Gasteiger partial charge in [0.2, 0.25) is 11.8 Å². The van der Waals surface area contributed by atoms with Gasteiger partial charge in [0.15, 0.2) is 32.3 Å². The molecular formula is C37H30ClN7O8S2. The van der Waals surface area contributed by atoms with Gasteiger partial charge in [-0.3, -0.25) is 4.98 Å². The number of pyridine rings is 4. The molecule has 55 heavy (non-hydrogen) atoms. The van der Waals surface area contributed by atoms with E-state index < -0.39 is 18.9 Å². The van der Waals surface area contributed by atoms with Gasteiger partial charge in [-0.05, 0) is 97.1 Å². The number of oxazole rings is 2. The molecule has 0 aliphatic heterocycles. The highest BCUT2D eigenvalue weighted by atomic mass is 35.7. The maximum absolute atomic E-state index is 12.7. The van der Waals surface area contributed by atoms with E-state index in [1.54, 1.807) is 73.2 Å². The minimum atomic E-state index is -3.61. The standard InChI is InChI=1S/C19H15N3O4S.C11H8N4O.C7H7ClO3S/c1-25-15-4-6-16(7-5-15)27(23,24)12-14-11-13(8-10-20-14)19-22-18-17(26-19)3-2-9-21-18;12-9-6-7(3-5-13-9)11-15-10-8(16-11)2-1-4-14-10;1-11-6-2-4-7(5-3-6)12(8,9)10/h2-11H,12H2,1H3;1-6H,(H2,12,13);2-5H,1H3. The van der Waals surface area contributed by atoms with E-state index in [9.17, 15) is 16.8 Å². The van der Waals surface area contributed by atoms with Crippen LogP contribution >= 0.6 is 10.7 Å². The number of nitrogens with zero attached hydrogens (tertiary/aromatic N) is 6. The minimum absolute atomic E-state index is 0.0740. The van der Waals surface area contributed by atoms with E-state index in [2.05, 4.69) is 29.9 Å². The monoisotopic (exact) mass is 799 g/mol. The fraction of sp³-hybridized carbons (Fsp3) is 0.0811.